The van der Waals surface area contributed by atoms with Gasteiger partial charge in [-0.2, -0.15) is 0 Å². The van der Waals surface area contributed by atoms with Crippen molar-refractivity contribution in [1.29, 1.82) is 0 Å². The minimum Gasteiger partial charge on any atom is -0.490 e. The summed E-state index contributed by atoms with van der Waals surface area (Å²) in [7, 11) is 0. The van der Waals surface area contributed by atoms with Crippen LogP contribution in [0.5, 0.6) is 5.75 Å². The lowest BCUT2D eigenvalue weighted by Crippen LogP contribution is -2.49. The second-order valence-electron chi connectivity index (χ2n) is 7.31. The van der Waals surface area contributed by atoms with Crippen LogP contribution in [0.3, 0.4) is 0 Å². The first-order valence-corrected chi connectivity index (χ1v) is 10.0. The smallest absolute Gasteiger partial charge is 0.166 e. The van der Waals surface area contributed by atoms with Crippen LogP contribution in [0.2, 0.25) is 0 Å². The quantitative estimate of drug-likeness (QED) is 0.711. The molecule has 2 aromatic carbocycles. The molecule has 1 fully saturated rings. The van der Waals surface area contributed by atoms with Crippen molar-refractivity contribution < 1.29 is 14.6 Å². The summed E-state index contributed by atoms with van der Waals surface area (Å²) in [5.41, 5.74) is 3.18. The normalized spacial score (nSPS) is 16.0. The summed E-state index contributed by atoms with van der Waals surface area (Å²) in [4.78, 5) is 16.7. The van der Waals surface area contributed by atoms with E-state index in [1.54, 1.807) is 12.1 Å². The number of rotatable bonds is 8. The predicted molar refractivity (Wildman–Crippen MR) is 112 cm³/mol. The van der Waals surface area contributed by atoms with E-state index in [1.807, 2.05) is 19.1 Å². The monoisotopic (exact) mass is 382 g/mol. The second kappa shape index (κ2) is 9.71. The Morgan fingerprint density at radius 3 is 2.46 bits per heavy atom. The third kappa shape index (κ3) is 5.12. The van der Waals surface area contributed by atoms with Crippen LogP contribution in [0, 0.1) is 6.92 Å². The van der Waals surface area contributed by atoms with Crippen molar-refractivity contribution >= 4 is 11.5 Å². The number of anilines is 1. The van der Waals surface area contributed by atoms with Crippen LogP contribution in [0.1, 0.15) is 29.3 Å². The number of carbonyl (C=O) groups excluding carboxylic acids is 1. The molecule has 0 aliphatic carbocycles. The van der Waals surface area contributed by atoms with Crippen molar-refractivity contribution in [2.75, 3.05) is 44.2 Å². The number of β-amino-alcohol motifs (C(OH)–C–C–N with tert-alkyl or cyclic N) is 1. The predicted octanol–water partition coefficient (Wildman–Crippen LogP) is 3.15. The van der Waals surface area contributed by atoms with Gasteiger partial charge in [-0.3, -0.25) is 9.69 Å². The maximum atomic E-state index is 12.0. The molecule has 2 aromatic rings. The average molecular weight is 383 g/mol. The summed E-state index contributed by atoms with van der Waals surface area (Å²) in [6.45, 7) is 8.47. The molecule has 0 aromatic heterocycles. The molecule has 28 heavy (non-hydrogen) atoms. The number of aliphatic hydroxyl groups is 1. The van der Waals surface area contributed by atoms with Gasteiger partial charge in [0.15, 0.2) is 5.78 Å². The molecule has 3 rings (SSSR count). The number of ether oxygens (including phenoxy) is 1. The number of hydrogen-bond acceptors (Lipinski definition) is 5. The van der Waals surface area contributed by atoms with E-state index in [1.165, 1.54) is 11.3 Å². The third-order valence-corrected chi connectivity index (χ3v) is 5.24. The van der Waals surface area contributed by atoms with E-state index in [4.69, 9.17) is 4.74 Å². The number of benzene rings is 2. The van der Waals surface area contributed by atoms with E-state index < -0.39 is 6.10 Å². The van der Waals surface area contributed by atoms with Crippen LogP contribution in [0.4, 0.5) is 5.69 Å². The van der Waals surface area contributed by atoms with E-state index >= 15 is 0 Å². The first kappa shape index (κ1) is 20.4. The Hall–Kier alpha value is -2.37. The van der Waals surface area contributed by atoms with Crippen LogP contribution in [0.25, 0.3) is 0 Å². The summed E-state index contributed by atoms with van der Waals surface area (Å²) in [6.07, 6.45) is -0.150. The summed E-state index contributed by atoms with van der Waals surface area (Å²) in [6, 6.07) is 15.7. The number of piperazine rings is 1. The number of ketones is 1. The van der Waals surface area contributed by atoms with Crippen LogP contribution in [-0.4, -0.2) is 61.2 Å². The van der Waals surface area contributed by atoms with Gasteiger partial charge in [0.1, 0.15) is 18.5 Å². The Kier molecular flexibility index (Phi) is 7.06. The fourth-order valence-electron chi connectivity index (χ4n) is 3.64. The third-order valence-electron chi connectivity index (χ3n) is 5.24. The fraction of sp³-hybridized carbons (Fsp3) is 0.435. The molecule has 1 aliphatic rings. The first-order chi connectivity index (χ1) is 13.6. The molecule has 1 aliphatic heterocycles. The maximum Gasteiger partial charge on any atom is 0.166 e. The Morgan fingerprint density at radius 1 is 1.07 bits per heavy atom. The number of aryl methyl sites for hydroxylation is 1. The highest BCUT2D eigenvalue weighted by atomic mass is 16.5. The molecule has 1 saturated heterocycles. The molecule has 5 heteroatoms. The average Bonchev–Trinajstić information content (AvgIpc) is 2.73. The molecular weight excluding hydrogens is 352 g/mol. The van der Waals surface area contributed by atoms with Crippen molar-refractivity contribution in [3.8, 4) is 5.75 Å². The Bertz CT molecular complexity index is 785. The molecule has 1 atom stereocenters. The zero-order chi connectivity index (χ0) is 19.9. The van der Waals surface area contributed by atoms with Gasteiger partial charge in [-0.15, -0.1) is 0 Å². The lowest BCUT2D eigenvalue weighted by atomic mass is 10.1. The van der Waals surface area contributed by atoms with E-state index in [2.05, 4.69) is 41.0 Å². The Labute approximate surface area is 167 Å². The molecule has 1 heterocycles. The number of para-hydroxylation sites is 2. The van der Waals surface area contributed by atoms with Crippen molar-refractivity contribution in [2.24, 2.45) is 0 Å². The largest absolute Gasteiger partial charge is 0.490 e. The lowest BCUT2D eigenvalue weighted by molar-refractivity contribution is 0.0655. The molecule has 0 amide bonds. The molecule has 0 bridgehead atoms. The van der Waals surface area contributed by atoms with Gasteiger partial charge in [0.2, 0.25) is 0 Å². The van der Waals surface area contributed by atoms with E-state index in [0.29, 0.717) is 24.3 Å². The Balaban J connectivity index is 1.47. The highest BCUT2D eigenvalue weighted by Crippen LogP contribution is 2.22. The van der Waals surface area contributed by atoms with Crippen LogP contribution >= 0.6 is 0 Å². The number of aliphatic hydroxyl groups excluding tert-OH is 1. The lowest BCUT2D eigenvalue weighted by Gasteiger charge is -2.37. The van der Waals surface area contributed by atoms with Gasteiger partial charge in [-0.1, -0.05) is 37.3 Å². The first-order valence-electron chi connectivity index (χ1n) is 10.0. The van der Waals surface area contributed by atoms with Gasteiger partial charge in [0, 0.05) is 44.8 Å². The van der Waals surface area contributed by atoms with Crippen LogP contribution < -0.4 is 9.64 Å². The van der Waals surface area contributed by atoms with E-state index in [9.17, 15) is 9.90 Å². The topological polar surface area (TPSA) is 53.0 Å². The van der Waals surface area contributed by atoms with Crippen molar-refractivity contribution in [3.05, 3.63) is 59.7 Å². The molecule has 0 saturated carbocycles. The SMILES string of the molecule is CCC(=O)c1ccccc1OCC(O)CN1CCN(c2ccccc2C)CC1. The van der Waals surface area contributed by atoms with Crippen molar-refractivity contribution in [1.82, 2.24) is 4.90 Å². The Morgan fingerprint density at radius 2 is 1.75 bits per heavy atom. The highest BCUT2D eigenvalue weighted by molar-refractivity contribution is 5.98. The molecule has 0 spiro atoms. The standard InChI is InChI=1S/C23H30N2O3/c1-3-22(27)20-9-5-7-11-23(20)28-17-19(26)16-24-12-14-25(15-13-24)21-10-6-4-8-18(21)2/h4-11,19,26H,3,12-17H2,1-2H3. The van der Waals surface area contributed by atoms with E-state index in [-0.39, 0.29) is 12.4 Å². The van der Waals surface area contributed by atoms with Gasteiger partial charge in [-0.25, -0.2) is 0 Å². The maximum absolute atomic E-state index is 12.0. The fourth-order valence-corrected chi connectivity index (χ4v) is 3.64. The van der Waals surface area contributed by atoms with Gasteiger partial charge >= 0.3 is 0 Å². The molecule has 5 nitrogen and oxygen atoms in total. The minimum atomic E-state index is -0.588. The zero-order valence-electron chi connectivity index (χ0n) is 16.8. The number of nitrogens with zero attached hydrogens (tertiary/aromatic N) is 2. The summed E-state index contributed by atoms with van der Waals surface area (Å²) < 4.78 is 5.76. The highest BCUT2D eigenvalue weighted by Gasteiger charge is 2.21. The minimum absolute atomic E-state index is 0.0532. The van der Waals surface area contributed by atoms with Gasteiger partial charge < -0.3 is 14.7 Å². The second-order valence-corrected chi connectivity index (χ2v) is 7.31. The van der Waals surface area contributed by atoms with Crippen molar-refractivity contribution in [3.63, 3.8) is 0 Å². The summed E-state index contributed by atoms with van der Waals surface area (Å²) in [5, 5.41) is 10.4. The molecule has 1 unspecified atom stereocenters. The van der Waals surface area contributed by atoms with E-state index in [0.717, 1.165) is 26.2 Å². The number of hydrogen-bond donors (Lipinski definition) is 1. The van der Waals surface area contributed by atoms with Crippen LogP contribution in [-0.2, 0) is 0 Å². The molecular formula is C23H30N2O3. The number of carbonyl (C=O) groups is 1. The molecule has 0 radical (unpaired) electrons. The zero-order valence-corrected chi connectivity index (χ0v) is 16.8. The van der Waals surface area contributed by atoms with Gasteiger partial charge in [-0.05, 0) is 30.7 Å². The molecule has 150 valence electrons. The summed E-state index contributed by atoms with van der Waals surface area (Å²) in [5.74, 6) is 0.607. The van der Waals surface area contributed by atoms with Crippen molar-refractivity contribution in [2.45, 2.75) is 26.4 Å². The number of Topliss-reactive ketones (excluding diaryl/α,β-unsaturated/α-hetero) is 1. The van der Waals surface area contributed by atoms with Crippen LogP contribution in [0.15, 0.2) is 48.5 Å². The summed E-state index contributed by atoms with van der Waals surface area (Å²) >= 11 is 0. The van der Waals surface area contributed by atoms with Gasteiger partial charge in [0.25, 0.3) is 0 Å². The molecule has 1 N–H and O–H groups in total. The van der Waals surface area contributed by atoms with Gasteiger partial charge in [0.05, 0.1) is 5.56 Å².